The van der Waals surface area contributed by atoms with Crippen molar-refractivity contribution in [2.75, 3.05) is 0 Å². The van der Waals surface area contributed by atoms with Gasteiger partial charge in [-0.05, 0) is 31.5 Å². The van der Waals surface area contributed by atoms with Gasteiger partial charge < -0.3 is 10.1 Å². The van der Waals surface area contributed by atoms with Crippen molar-refractivity contribution >= 4 is 5.65 Å². The number of rotatable bonds is 2. The number of nitrogens with zero attached hydrogens (tertiary/aromatic N) is 2. The molecule has 2 N–H and O–H groups in total. The van der Waals surface area contributed by atoms with Crippen molar-refractivity contribution in [2.45, 2.75) is 26.6 Å². The first-order valence-electron chi connectivity index (χ1n) is 7.17. The number of aryl methyl sites for hydroxylation is 2. The maximum absolute atomic E-state index is 12.9. The SMILES string of the molecule is Cc1ccc(-c2nc3ccc(C(F)(F)F)cn3c2CN)c(C)c1. The highest BCUT2D eigenvalue weighted by Gasteiger charge is 2.31. The second-order valence-corrected chi connectivity index (χ2v) is 5.57. The van der Waals surface area contributed by atoms with E-state index < -0.39 is 11.7 Å². The van der Waals surface area contributed by atoms with E-state index in [0.717, 1.165) is 29.0 Å². The van der Waals surface area contributed by atoms with E-state index in [1.54, 1.807) is 0 Å². The molecule has 6 heteroatoms. The van der Waals surface area contributed by atoms with Gasteiger partial charge in [-0.3, -0.25) is 0 Å². The van der Waals surface area contributed by atoms with Crippen LogP contribution >= 0.6 is 0 Å². The standard InChI is InChI=1S/C17H16F3N3/c1-10-3-5-13(11(2)7-10)16-14(8-21)23-9-12(17(18,19)20)4-6-15(23)22-16/h3-7,9H,8,21H2,1-2H3. The first-order chi connectivity index (χ1) is 10.8. The van der Waals surface area contributed by atoms with Crippen LogP contribution in [0.4, 0.5) is 13.2 Å². The summed E-state index contributed by atoms with van der Waals surface area (Å²) in [5.41, 5.74) is 9.74. The molecule has 0 amide bonds. The van der Waals surface area contributed by atoms with Gasteiger partial charge in [0.1, 0.15) is 5.65 Å². The van der Waals surface area contributed by atoms with Crippen LogP contribution in [0.5, 0.6) is 0 Å². The lowest BCUT2D eigenvalue weighted by Gasteiger charge is -2.09. The molecule has 3 aromatic rings. The zero-order valence-electron chi connectivity index (χ0n) is 12.8. The van der Waals surface area contributed by atoms with Crippen LogP contribution in [0.1, 0.15) is 22.4 Å². The molecule has 0 spiro atoms. The fourth-order valence-electron chi connectivity index (χ4n) is 2.75. The number of aromatic nitrogens is 2. The number of pyridine rings is 1. The van der Waals surface area contributed by atoms with Crippen molar-refractivity contribution in [3.63, 3.8) is 0 Å². The summed E-state index contributed by atoms with van der Waals surface area (Å²) in [5.74, 6) is 0. The van der Waals surface area contributed by atoms with E-state index in [2.05, 4.69) is 4.98 Å². The van der Waals surface area contributed by atoms with Gasteiger partial charge in [-0.25, -0.2) is 4.98 Å². The Kier molecular flexibility index (Phi) is 3.64. The van der Waals surface area contributed by atoms with Gasteiger partial charge in [0, 0.05) is 18.3 Å². The summed E-state index contributed by atoms with van der Waals surface area (Å²) in [6.45, 7) is 4.04. The molecular formula is C17H16F3N3. The van der Waals surface area contributed by atoms with Crippen LogP contribution in [0.3, 0.4) is 0 Å². The van der Waals surface area contributed by atoms with Crippen molar-refractivity contribution in [3.05, 3.63) is 58.9 Å². The molecule has 3 rings (SSSR count). The molecule has 1 aromatic carbocycles. The lowest BCUT2D eigenvalue weighted by molar-refractivity contribution is -0.137. The van der Waals surface area contributed by atoms with Crippen molar-refractivity contribution < 1.29 is 13.2 Å². The average molecular weight is 319 g/mol. The van der Waals surface area contributed by atoms with Gasteiger partial charge in [-0.15, -0.1) is 0 Å². The molecule has 0 aliphatic heterocycles. The van der Waals surface area contributed by atoms with Crippen LogP contribution < -0.4 is 5.73 Å². The molecule has 0 saturated carbocycles. The maximum Gasteiger partial charge on any atom is 0.417 e. The quantitative estimate of drug-likeness (QED) is 0.773. The molecule has 0 aliphatic carbocycles. The molecule has 2 aromatic heterocycles. The van der Waals surface area contributed by atoms with Gasteiger partial charge >= 0.3 is 6.18 Å². The van der Waals surface area contributed by atoms with E-state index in [4.69, 9.17) is 5.73 Å². The third-order valence-corrected chi connectivity index (χ3v) is 3.88. The summed E-state index contributed by atoms with van der Waals surface area (Å²) in [6, 6.07) is 8.30. The van der Waals surface area contributed by atoms with Gasteiger partial charge in [-0.1, -0.05) is 23.8 Å². The number of alkyl halides is 3. The van der Waals surface area contributed by atoms with Crippen molar-refractivity contribution in [1.82, 2.24) is 9.38 Å². The minimum atomic E-state index is -4.40. The van der Waals surface area contributed by atoms with E-state index in [9.17, 15) is 13.2 Å². The van der Waals surface area contributed by atoms with E-state index in [1.165, 1.54) is 10.5 Å². The van der Waals surface area contributed by atoms with Gasteiger partial charge in [0.15, 0.2) is 0 Å². The molecular weight excluding hydrogens is 303 g/mol. The third kappa shape index (κ3) is 2.70. The molecule has 120 valence electrons. The predicted molar refractivity (Wildman–Crippen MR) is 83.0 cm³/mol. The number of imidazole rings is 1. The Labute approximate surface area is 131 Å². The Morgan fingerprint density at radius 1 is 1.13 bits per heavy atom. The van der Waals surface area contributed by atoms with Gasteiger partial charge in [0.25, 0.3) is 0 Å². The number of nitrogens with two attached hydrogens (primary N) is 1. The van der Waals surface area contributed by atoms with Crippen LogP contribution in [-0.2, 0) is 12.7 Å². The second-order valence-electron chi connectivity index (χ2n) is 5.57. The van der Waals surface area contributed by atoms with Crippen molar-refractivity contribution in [3.8, 4) is 11.3 Å². The first kappa shape index (κ1) is 15.6. The predicted octanol–water partition coefficient (Wildman–Crippen LogP) is 4.10. The Morgan fingerprint density at radius 2 is 1.87 bits per heavy atom. The summed E-state index contributed by atoms with van der Waals surface area (Å²) in [5, 5.41) is 0. The second kappa shape index (κ2) is 5.38. The van der Waals surface area contributed by atoms with Crippen molar-refractivity contribution in [2.24, 2.45) is 5.73 Å². The number of fused-ring (bicyclic) bond motifs is 1. The summed E-state index contributed by atoms with van der Waals surface area (Å²) < 4.78 is 40.2. The molecule has 0 radical (unpaired) electrons. The minimum absolute atomic E-state index is 0.102. The van der Waals surface area contributed by atoms with E-state index in [-0.39, 0.29) is 6.54 Å². The number of hydrogen-bond acceptors (Lipinski definition) is 2. The topological polar surface area (TPSA) is 43.3 Å². The molecule has 3 nitrogen and oxygen atoms in total. The van der Waals surface area contributed by atoms with E-state index in [0.29, 0.717) is 17.0 Å². The molecule has 0 aliphatic rings. The number of hydrogen-bond donors (Lipinski definition) is 1. The first-order valence-corrected chi connectivity index (χ1v) is 7.17. The van der Waals surface area contributed by atoms with Gasteiger partial charge in [0.2, 0.25) is 0 Å². The van der Waals surface area contributed by atoms with Crippen molar-refractivity contribution in [1.29, 1.82) is 0 Å². The average Bonchev–Trinajstić information content (AvgIpc) is 2.83. The fourth-order valence-corrected chi connectivity index (χ4v) is 2.75. The highest BCUT2D eigenvalue weighted by molar-refractivity contribution is 5.70. The van der Waals surface area contributed by atoms with Crippen LogP contribution in [0, 0.1) is 13.8 Å². The molecule has 0 bridgehead atoms. The Balaban J connectivity index is 2.26. The fraction of sp³-hybridized carbons (Fsp3) is 0.235. The van der Waals surface area contributed by atoms with Gasteiger partial charge in [0.05, 0.1) is 17.0 Å². The highest BCUT2D eigenvalue weighted by atomic mass is 19.4. The Bertz CT molecular complexity index is 879. The lowest BCUT2D eigenvalue weighted by atomic mass is 10.0. The molecule has 0 fully saturated rings. The van der Waals surface area contributed by atoms with Gasteiger partial charge in [-0.2, -0.15) is 13.2 Å². The lowest BCUT2D eigenvalue weighted by Crippen LogP contribution is -2.08. The molecule has 0 saturated heterocycles. The highest BCUT2D eigenvalue weighted by Crippen LogP contribution is 2.32. The molecule has 23 heavy (non-hydrogen) atoms. The number of benzene rings is 1. The Morgan fingerprint density at radius 3 is 2.48 bits per heavy atom. The summed E-state index contributed by atoms with van der Waals surface area (Å²) in [4.78, 5) is 4.48. The van der Waals surface area contributed by atoms with Crippen LogP contribution in [0.2, 0.25) is 0 Å². The van der Waals surface area contributed by atoms with E-state index in [1.807, 2.05) is 32.0 Å². The zero-order chi connectivity index (χ0) is 16.8. The largest absolute Gasteiger partial charge is 0.417 e. The molecule has 2 heterocycles. The zero-order valence-corrected chi connectivity index (χ0v) is 12.8. The smallest absolute Gasteiger partial charge is 0.325 e. The third-order valence-electron chi connectivity index (χ3n) is 3.88. The molecule has 0 unspecified atom stereocenters. The normalized spacial score (nSPS) is 12.1. The molecule has 0 atom stereocenters. The van der Waals surface area contributed by atoms with Crippen LogP contribution in [-0.4, -0.2) is 9.38 Å². The number of halogens is 3. The van der Waals surface area contributed by atoms with Crippen LogP contribution in [0.25, 0.3) is 16.9 Å². The maximum atomic E-state index is 12.9. The summed E-state index contributed by atoms with van der Waals surface area (Å²) in [7, 11) is 0. The minimum Gasteiger partial charge on any atom is -0.325 e. The van der Waals surface area contributed by atoms with E-state index >= 15 is 0 Å². The monoisotopic (exact) mass is 319 g/mol. The van der Waals surface area contributed by atoms with Crippen LogP contribution in [0.15, 0.2) is 36.5 Å². The summed E-state index contributed by atoms with van der Waals surface area (Å²) >= 11 is 0. The Hall–Kier alpha value is -2.34. The summed E-state index contributed by atoms with van der Waals surface area (Å²) in [6.07, 6.45) is -3.35.